The van der Waals surface area contributed by atoms with E-state index in [0.717, 1.165) is 15.9 Å². The minimum absolute atomic E-state index is 0.0360. The summed E-state index contributed by atoms with van der Waals surface area (Å²) in [5, 5.41) is 0.806. The molecule has 1 N–H and O–H groups in total. The Bertz CT molecular complexity index is 1310. The van der Waals surface area contributed by atoms with Crippen LogP contribution >= 0.6 is 11.3 Å². The number of H-pyrrole nitrogens is 1. The van der Waals surface area contributed by atoms with E-state index in [0.29, 0.717) is 32.3 Å². The molecule has 2 aromatic heterocycles. The third kappa shape index (κ3) is 3.34. The molecule has 0 saturated heterocycles. The molecular formula is C20H15FN2O4S. The van der Waals surface area contributed by atoms with E-state index in [2.05, 4.69) is 4.98 Å². The van der Waals surface area contributed by atoms with Gasteiger partial charge in [0.1, 0.15) is 10.7 Å². The SMILES string of the molecule is O=C(OCCCn1c(=O)[nH]c2ccccc2c1=O)c1cc2c(F)cccc2s1. The average Bonchev–Trinajstić information content (AvgIpc) is 3.13. The molecule has 0 radical (unpaired) electrons. The van der Waals surface area contributed by atoms with E-state index in [4.69, 9.17) is 4.74 Å². The number of ether oxygens (including phenoxy) is 1. The topological polar surface area (TPSA) is 81.2 Å². The molecule has 0 aliphatic heterocycles. The first-order valence-corrected chi connectivity index (χ1v) is 9.43. The van der Waals surface area contributed by atoms with Crippen molar-refractivity contribution in [2.75, 3.05) is 6.61 Å². The molecule has 0 fully saturated rings. The molecule has 8 heteroatoms. The summed E-state index contributed by atoms with van der Waals surface area (Å²) in [5.74, 6) is -0.942. The van der Waals surface area contributed by atoms with Crippen molar-refractivity contribution in [2.45, 2.75) is 13.0 Å². The normalized spacial score (nSPS) is 11.2. The Morgan fingerprint density at radius 2 is 1.93 bits per heavy atom. The van der Waals surface area contributed by atoms with Crippen LogP contribution in [0.5, 0.6) is 0 Å². The first-order valence-electron chi connectivity index (χ1n) is 8.61. The number of hydrogen-bond acceptors (Lipinski definition) is 5. The Kier molecular flexibility index (Phi) is 4.79. The van der Waals surface area contributed by atoms with Crippen LogP contribution in [-0.4, -0.2) is 22.1 Å². The Morgan fingerprint density at radius 1 is 1.11 bits per heavy atom. The number of aromatic amines is 1. The van der Waals surface area contributed by atoms with Crippen molar-refractivity contribution in [3.8, 4) is 0 Å². The lowest BCUT2D eigenvalue weighted by Crippen LogP contribution is -2.35. The molecular weight excluding hydrogens is 383 g/mol. The van der Waals surface area contributed by atoms with Gasteiger partial charge >= 0.3 is 11.7 Å². The van der Waals surface area contributed by atoms with E-state index >= 15 is 0 Å². The second-order valence-electron chi connectivity index (χ2n) is 6.18. The van der Waals surface area contributed by atoms with E-state index in [1.165, 1.54) is 12.1 Å². The maximum Gasteiger partial charge on any atom is 0.348 e. The van der Waals surface area contributed by atoms with E-state index in [1.807, 2.05) is 0 Å². The van der Waals surface area contributed by atoms with Gasteiger partial charge in [-0.25, -0.2) is 14.0 Å². The summed E-state index contributed by atoms with van der Waals surface area (Å²) < 4.78 is 20.7. The van der Waals surface area contributed by atoms with Crippen LogP contribution in [0, 0.1) is 5.82 Å². The van der Waals surface area contributed by atoms with Crippen LogP contribution in [-0.2, 0) is 11.3 Å². The van der Waals surface area contributed by atoms with Gasteiger partial charge in [0.25, 0.3) is 5.56 Å². The first-order chi connectivity index (χ1) is 13.5. The van der Waals surface area contributed by atoms with Crippen molar-refractivity contribution in [1.82, 2.24) is 9.55 Å². The molecule has 142 valence electrons. The number of thiophene rings is 1. The zero-order valence-electron chi connectivity index (χ0n) is 14.6. The summed E-state index contributed by atoms with van der Waals surface area (Å²) in [6, 6.07) is 12.9. The van der Waals surface area contributed by atoms with Crippen LogP contribution in [0.25, 0.3) is 21.0 Å². The largest absolute Gasteiger partial charge is 0.461 e. The number of carbonyl (C=O) groups excluding carboxylic acids is 1. The number of hydrogen-bond donors (Lipinski definition) is 1. The number of rotatable bonds is 5. The fourth-order valence-corrected chi connectivity index (χ4v) is 3.96. The zero-order chi connectivity index (χ0) is 19.7. The predicted octanol–water partition coefficient (Wildman–Crippen LogP) is 3.29. The summed E-state index contributed by atoms with van der Waals surface area (Å²) in [6.07, 6.45) is 0.298. The fraction of sp³-hybridized carbons (Fsp3) is 0.150. The summed E-state index contributed by atoms with van der Waals surface area (Å²) in [5.41, 5.74) is -0.405. The summed E-state index contributed by atoms with van der Waals surface area (Å²) in [4.78, 5) is 39.7. The van der Waals surface area contributed by atoms with Gasteiger partial charge in [0.15, 0.2) is 0 Å². The van der Waals surface area contributed by atoms with E-state index in [-0.39, 0.29) is 24.5 Å². The minimum atomic E-state index is -0.555. The Morgan fingerprint density at radius 3 is 2.75 bits per heavy atom. The smallest absolute Gasteiger partial charge is 0.348 e. The second kappa shape index (κ2) is 7.40. The minimum Gasteiger partial charge on any atom is -0.461 e. The summed E-state index contributed by atoms with van der Waals surface area (Å²) in [7, 11) is 0. The van der Waals surface area contributed by atoms with Crippen molar-refractivity contribution < 1.29 is 13.9 Å². The highest BCUT2D eigenvalue weighted by atomic mass is 32.1. The van der Waals surface area contributed by atoms with Gasteiger partial charge in [-0.15, -0.1) is 11.3 Å². The van der Waals surface area contributed by atoms with Gasteiger partial charge in [-0.2, -0.15) is 0 Å². The van der Waals surface area contributed by atoms with Crippen LogP contribution in [0.4, 0.5) is 4.39 Å². The van der Waals surface area contributed by atoms with Gasteiger partial charge in [0.2, 0.25) is 0 Å². The average molecular weight is 398 g/mol. The molecule has 0 unspecified atom stereocenters. The molecule has 28 heavy (non-hydrogen) atoms. The van der Waals surface area contributed by atoms with Crippen molar-refractivity contribution in [3.05, 3.63) is 80.1 Å². The molecule has 0 atom stereocenters. The number of benzene rings is 2. The molecule has 0 saturated carbocycles. The van der Waals surface area contributed by atoms with Crippen molar-refractivity contribution in [2.24, 2.45) is 0 Å². The molecule has 2 heterocycles. The highest BCUT2D eigenvalue weighted by Gasteiger charge is 2.14. The molecule has 0 aliphatic rings. The predicted molar refractivity (Wildman–Crippen MR) is 106 cm³/mol. The van der Waals surface area contributed by atoms with Crippen molar-refractivity contribution >= 4 is 38.3 Å². The van der Waals surface area contributed by atoms with Crippen LogP contribution in [0.3, 0.4) is 0 Å². The Balaban J connectivity index is 1.42. The zero-order valence-corrected chi connectivity index (χ0v) is 15.4. The summed E-state index contributed by atoms with van der Waals surface area (Å²) in [6.45, 7) is 0.154. The maximum absolute atomic E-state index is 13.7. The van der Waals surface area contributed by atoms with E-state index < -0.39 is 11.7 Å². The van der Waals surface area contributed by atoms with Gasteiger partial charge in [0, 0.05) is 16.6 Å². The number of halogens is 1. The number of fused-ring (bicyclic) bond motifs is 2. The van der Waals surface area contributed by atoms with E-state index in [9.17, 15) is 18.8 Å². The standard InChI is InChI=1S/C20H15FN2O4S/c21-14-6-3-8-16-13(14)11-17(28-16)19(25)27-10-4-9-23-18(24)12-5-1-2-7-15(12)22-20(23)26/h1-3,5-8,11H,4,9-10H2,(H,22,26). The van der Waals surface area contributed by atoms with Gasteiger partial charge in [-0.3, -0.25) is 9.36 Å². The highest BCUT2D eigenvalue weighted by Crippen LogP contribution is 2.28. The number of carbonyl (C=O) groups is 1. The molecule has 0 bridgehead atoms. The Hall–Kier alpha value is -3.26. The molecule has 2 aromatic carbocycles. The van der Waals surface area contributed by atoms with Crippen LogP contribution in [0.1, 0.15) is 16.1 Å². The molecule has 4 aromatic rings. The molecule has 0 spiro atoms. The second-order valence-corrected chi connectivity index (χ2v) is 7.27. The molecule has 6 nitrogen and oxygen atoms in total. The fourth-order valence-electron chi connectivity index (χ4n) is 2.99. The van der Waals surface area contributed by atoms with Gasteiger partial charge in [-0.1, -0.05) is 18.2 Å². The number of para-hydroxylation sites is 1. The maximum atomic E-state index is 13.7. The van der Waals surface area contributed by atoms with Crippen molar-refractivity contribution in [3.63, 3.8) is 0 Å². The lowest BCUT2D eigenvalue weighted by atomic mass is 10.2. The summed E-state index contributed by atoms with van der Waals surface area (Å²) >= 11 is 1.16. The lowest BCUT2D eigenvalue weighted by molar-refractivity contribution is 0.0501. The van der Waals surface area contributed by atoms with Gasteiger partial charge in [-0.05, 0) is 36.8 Å². The quantitative estimate of drug-likeness (QED) is 0.413. The van der Waals surface area contributed by atoms with Crippen LogP contribution < -0.4 is 11.2 Å². The number of nitrogens with one attached hydrogen (secondary N) is 1. The van der Waals surface area contributed by atoms with Gasteiger partial charge < -0.3 is 9.72 Å². The third-order valence-electron chi connectivity index (χ3n) is 4.36. The third-order valence-corrected chi connectivity index (χ3v) is 5.44. The number of nitrogens with zero attached hydrogens (tertiary/aromatic N) is 1. The monoisotopic (exact) mass is 398 g/mol. The van der Waals surface area contributed by atoms with Gasteiger partial charge in [0.05, 0.1) is 17.5 Å². The van der Waals surface area contributed by atoms with E-state index in [1.54, 1.807) is 36.4 Å². The molecule has 0 aliphatic carbocycles. The molecule has 4 rings (SSSR count). The van der Waals surface area contributed by atoms with Crippen LogP contribution in [0.15, 0.2) is 58.1 Å². The highest BCUT2D eigenvalue weighted by molar-refractivity contribution is 7.20. The Labute approximate surface area is 161 Å². The number of aromatic nitrogens is 2. The van der Waals surface area contributed by atoms with Crippen molar-refractivity contribution in [1.29, 1.82) is 0 Å². The molecule has 0 amide bonds. The number of esters is 1. The lowest BCUT2D eigenvalue weighted by Gasteiger charge is -2.07. The first kappa shape index (κ1) is 18.1. The van der Waals surface area contributed by atoms with Crippen LogP contribution in [0.2, 0.25) is 0 Å².